The van der Waals surface area contributed by atoms with Gasteiger partial charge in [0.2, 0.25) is 6.08 Å². The molecule has 0 amide bonds. The third-order valence-corrected chi connectivity index (χ3v) is 3.76. The molecule has 16 heavy (non-hydrogen) atoms. The molecule has 0 spiro atoms. The first kappa shape index (κ1) is 11.5. The quantitative estimate of drug-likeness (QED) is 0.601. The average molecular weight is 284 g/mol. The van der Waals surface area contributed by atoms with Crippen LogP contribution in [-0.2, 0) is 10.3 Å². The van der Waals surface area contributed by atoms with Crippen molar-refractivity contribution in [3.63, 3.8) is 0 Å². The van der Waals surface area contributed by atoms with E-state index in [1.807, 2.05) is 0 Å². The highest BCUT2D eigenvalue weighted by molar-refractivity contribution is 9.10. The van der Waals surface area contributed by atoms with Gasteiger partial charge in [-0.05, 0) is 34.8 Å². The third kappa shape index (κ3) is 1.83. The van der Waals surface area contributed by atoms with Crippen molar-refractivity contribution in [1.82, 2.24) is 0 Å². The number of hydrogen-bond donors (Lipinski definition) is 0. The summed E-state index contributed by atoms with van der Waals surface area (Å²) in [5, 5.41) is 0. The van der Waals surface area contributed by atoms with E-state index in [0.29, 0.717) is 10.0 Å². The summed E-state index contributed by atoms with van der Waals surface area (Å²) in [5.74, 6) is -0.316. The van der Waals surface area contributed by atoms with Crippen LogP contribution in [-0.4, -0.2) is 6.08 Å². The Labute approximate surface area is 102 Å². The fraction of sp³-hybridized carbons (Fsp3) is 0.417. The van der Waals surface area contributed by atoms with Crippen LogP contribution in [0.2, 0.25) is 0 Å². The fourth-order valence-corrected chi connectivity index (χ4v) is 2.72. The van der Waals surface area contributed by atoms with Crippen molar-refractivity contribution in [2.24, 2.45) is 4.99 Å². The van der Waals surface area contributed by atoms with E-state index in [0.717, 1.165) is 25.7 Å². The summed E-state index contributed by atoms with van der Waals surface area (Å²) in [6.07, 6.45) is 4.96. The lowest BCUT2D eigenvalue weighted by molar-refractivity contribution is 0.429. The van der Waals surface area contributed by atoms with Gasteiger partial charge in [0, 0.05) is 5.56 Å². The zero-order valence-corrected chi connectivity index (χ0v) is 10.3. The van der Waals surface area contributed by atoms with Crippen molar-refractivity contribution >= 4 is 22.0 Å². The van der Waals surface area contributed by atoms with Crippen LogP contribution in [0.1, 0.15) is 31.2 Å². The molecule has 0 unspecified atom stereocenters. The molecular weight excluding hydrogens is 273 g/mol. The predicted octanol–water partition coefficient (Wildman–Crippen LogP) is 3.69. The second-order valence-electron chi connectivity index (χ2n) is 4.04. The molecule has 1 fully saturated rings. The number of aliphatic imine (C=N–C) groups is 1. The van der Waals surface area contributed by atoms with Gasteiger partial charge < -0.3 is 0 Å². The van der Waals surface area contributed by atoms with Gasteiger partial charge in [-0.15, -0.1) is 0 Å². The van der Waals surface area contributed by atoms with Crippen molar-refractivity contribution < 1.29 is 9.18 Å². The minimum Gasteiger partial charge on any atom is -0.211 e. The molecular formula is C12H11BrFNO. The Kier molecular flexibility index (Phi) is 3.22. The van der Waals surface area contributed by atoms with Crippen LogP contribution in [0.25, 0.3) is 0 Å². The van der Waals surface area contributed by atoms with Crippen LogP contribution in [0.15, 0.2) is 27.7 Å². The highest BCUT2D eigenvalue weighted by Crippen LogP contribution is 2.43. The van der Waals surface area contributed by atoms with Crippen molar-refractivity contribution in [3.8, 4) is 0 Å². The lowest BCUT2D eigenvalue weighted by Crippen LogP contribution is -2.20. The molecule has 4 heteroatoms. The van der Waals surface area contributed by atoms with E-state index < -0.39 is 5.54 Å². The zero-order valence-electron chi connectivity index (χ0n) is 8.67. The number of hydrogen-bond acceptors (Lipinski definition) is 2. The van der Waals surface area contributed by atoms with E-state index in [9.17, 15) is 9.18 Å². The molecule has 0 bridgehead atoms. The van der Waals surface area contributed by atoms with Gasteiger partial charge in [-0.2, -0.15) is 4.99 Å². The Morgan fingerprint density at radius 1 is 1.38 bits per heavy atom. The Balaban J connectivity index is 2.55. The number of benzene rings is 1. The molecule has 0 aliphatic heterocycles. The molecule has 84 valence electrons. The highest BCUT2D eigenvalue weighted by Gasteiger charge is 2.38. The largest absolute Gasteiger partial charge is 0.235 e. The molecule has 2 rings (SSSR count). The van der Waals surface area contributed by atoms with Crippen molar-refractivity contribution in [1.29, 1.82) is 0 Å². The molecule has 1 saturated carbocycles. The monoisotopic (exact) mass is 283 g/mol. The maximum Gasteiger partial charge on any atom is 0.235 e. The normalized spacial score (nSPS) is 18.1. The number of rotatable bonds is 2. The van der Waals surface area contributed by atoms with E-state index in [4.69, 9.17) is 0 Å². The summed E-state index contributed by atoms with van der Waals surface area (Å²) in [4.78, 5) is 14.4. The topological polar surface area (TPSA) is 29.4 Å². The standard InChI is InChI=1S/C12H11BrFNO/c13-10-5-3-4-9(11(10)14)12(15-8-16)6-1-2-7-12/h3-5H,1-2,6-7H2. The number of nitrogens with zero attached hydrogens (tertiary/aromatic N) is 1. The van der Waals surface area contributed by atoms with Crippen LogP contribution in [0.5, 0.6) is 0 Å². The minimum absolute atomic E-state index is 0.316. The molecule has 2 nitrogen and oxygen atoms in total. The van der Waals surface area contributed by atoms with Gasteiger partial charge >= 0.3 is 0 Å². The van der Waals surface area contributed by atoms with Crippen LogP contribution < -0.4 is 0 Å². The van der Waals surface area contributed by atoms with Crippen LogP contribution >= 0.6 is 15.9 Å². The Morgan fingerprint density at radius 2 is 2.06 bits per heavy atom. The average Bonchev–Trinajstić information content (AvgIpc) is 2.72. The van der Waals surface area contributed by atoms with Gasteiger partial charge in [0.25, 0.3) is 0 Å². The Hall–Kier alpha value is -0.990. The van der Waals surface area contributed by atoms with Crippen LogP contribution in [0, 0.1) is 5.82 Å². The molecule has 0 aromatic heterocycles. The predicted molar refractivity (Wildman–Crippen MR) is 62.4 cm³/mol. The summed E-state index contributed by atoms with van der Waals surface area (Å²) in [7, 11) is 0. The maximum absolute atomic E-state index is 14.0. The molecule has 0 heterocycles. The number of carbonyl (C=O) groups excluding carboxylic acids is 1. The molecule has 0 saturated heterocycles. The molecule has 1 aliphatic rings. The summed E-state index contributed by atoms with van der Waals surface area (Å²) < 4.78 is 14.4. The zero-order chi connectivity index (χ0) is 11.6. The first-order valence-corrected chi connectivity index (χ1v) is 6.02. The van der Waals surface area contributed by atoms with Crippen molar-refractivity contribution in [3.05, 3.63) is 34.1 Å². The summed E-state index contributed by atoms with van der Waals surface area (Å²) in [6, 6.07) is 5.11. The molecule has 1 aliphatic carbocycles. The molecule has 0 radical (unpaired) electrons. The summed E-state index contributed by atoms with van der Waals surface area (Å²) in [5.41, 5.74) is -0.182. The van der Waals surface area contributed by atoms with E-state index in [1.165, 1.54) is 0 Å². The number of halogens is 2. The van der Waals surface area contributed by atoms with E-state index >= 15 is 0 Å². The fourth-order valence-electron chi connectivity index (χ4n) is 2.35. The Morgan fingerprint density at radius 3 is 2.69 bits per heavy atom. The second kappa shape index (κ2) is 4.48. The molecule has 0 atom stereocenters. The van der Waals surface area contributed by atoms with Gasteiger partial charge in [0.15, 0.2) is 0 Å². The van der Waals surface area contributed by atoms with Crippen LogP contribution in [0.3, 0.4) is 0 Å². The summed E-state index contributed by atoms with van der Waals surface area (Å²) in [6.45, 7) is 0. The van der Waals surface area contributed by atoms with Gasteiger partial charge in [-0.1, -0.05) is 25.0 Å². The van der Waals surface area contributed by atoms with E-state index in [-0.39, 0.29) is 5.82 Å². The lowest BCUT2D eigenvalue weighted by Gasteiger charge is -2.23. The smallest absolute Gasteiger partial charge is 0.211 e. The van der Waals surface area contributed by atoms with Gasteiger partial charge in [0.1, 0.15) is 11.4 Å². The third-order valence-electron chi connectivity index (χ3n) is 3.14. The number of isocyanates is 1. The maximum atomic E-state index is 14.0. The van der Waals surface area contributed by atoms with Crippen molar-refractivity contribution in [2.75, 3.05) is 0 Å². The first-order valence-electron chi connectivity index (χ1n) is 5.23. The first-order chi connectivity index (χ1) is 7.69. The Bertz CT molecular complexity index is 448. The SMILES string of the molecule is O=C=NC1(c2cccc(Br)c2F)CCCC1. The molecule has 1 aromatic rings. The van der Waals surface area contributed by atoms with Gasteiger partial charge in [0.05, 0.1) is 4.47 Å². The van der Waals surface area contributed by atoms with Crippen molar-refractivity contribution in [2.45, 2.75) is 31.2 Å². The van der Waals surface area contributed by atoms with E-state index in [1.54, 1.807) is 24.3 Å². The lowest BCUT2D eigenvalue weighted by atomic mass is 9.88. The van der Waals surface area contributed by atoms with Gasteiger partial charge in [-0.25, -0.2) is 9.18 Å². The summed E-state index contributed by atoms with van der Waals surface area (Å²) >= 11 is 3.15. The second-order valence-corrected chi connectivity index (χ2v) is 4.90. The van der Waals surface area contributed by atoms with E-state index in [2.05, 4.69) is 20.9 Å². The van der Waals surface area contributed by atoms with Gasteiger partial charge in [-0.3, -0.25) is 0 Å². The minimum atomic E-state index is -0.685. The molecule has 0 N–H and O–H groups in total. The highest BCUT2D eigenvalue weighted by atomic mass is 79.9. The van der Waals surface area contributed by atoms with Crippen LogP contribution in [0.4, 0.5) is 4.39 Å². The molecule has 1 aromatic carbocycles.